The van der Waals surface area contributed by atoms with Crippen LogP contribution in [-0.2, 0) is 17.6 Å². The number of carbonyl (C=O) groups excluding carboxylic acids is 1. The van der Waals surface area contributed by atoms with Crippen molar-refractivity contribution in [1.82, 2.24) is 5.32 Å². The fraction of sp³-hybridized carbons (Fsp3) is 0.308. The average molecular weight is 434 g/mol. The maximum Gasteiger partial charge on any atom is 0.339 e. The standard InChI is InChI=1S/C26H27NO5/c1-15-14-31-24-17(3)25-22(12-21(15)24)16(2)20(26(30)32-25)9-10-23(29)27-19(13-28)11-18-7-5-4-6-8-18/h4-8,12,14,19,28H,9-11,13H2,1-3H3,(H,27,29). The lowest BCUT2D eigenvalue weighted by Crippen LogP contribution is -2.39. The van der Waals surface area contributed by atoms with Gasteiger partial charge in [-0.15, -0.1) is 0 Å². The number of aryl methyl sites for hydroxylation is 3. The molecule has 2 aromatic carbocycles. The van der Waals surface area contributed by atoms with E-state index in [0.29, 0.717) is 17.6 Å². The maximum atomic E-state index is 12.7. The summed E-state index contributed by atoms with van der Waals surface area (Å²) in [6.45, 7) is 5.59. The van der Waals surface area contributed by atoms with Crippen molar-refractivity contribution in [3.8, 4) is 0 Å². The minimum atomic E-state index is -0.434. The molecule has 4 aromatic rings. The van der Waals surface area contributed by atoms with Crippen LogP contribution in [0.25, 0.3) is 21.9 Å². The second-order valence-electron chi connectivity index (χ2n) is 8.30. The second kappa shape index (κ2) is 9.01. The number of rotatable bonds is 7. The first-order valence-corrected chi connectivity index (χ1v) is 10.8. The second-order valence-corrected chi connectivity index (χ2v) is 8.30. The van der Waals surface area contributed by atoms with E-state index in [-0.39, 0.29) is 31.4 Å². The molecule has 0 spiro atoms. The molecule has 1 unspecified atom stereocenters. The van der Waals surface area contributed by atoms with E-state index >= 15 is 0 Å². The van der Waals surface area contributed by atoms with Gasteiger partial charge < -0.3 is 19.3 Å². The highest BCUT2D eigenvalue weighted by Gasteiger charge is 2.19. The summed E-state index contributed by atoms with van der Waals surface area (Å²) in [5.74, 6) is -0.212. The summed E-state index contributed by atoms with van der Waals surface area (Å²) in [4.78, 5) is 25.2. The fourth-order valence-electron chi connectivity index (χ4n) is 4.21. The molecule has 0 saturated carbocycles. The molecule has 166 valence electrons. The van der Waals surface area contributed by atoms with Crippen molar-refractivity contribution >= 4 is 27.8 Å². The van der Waals surface area contributed by atoms with Crippen molar-refractivity contribution in [2.24, 2.45) is 0 Å². The van der Waals surface area contributed by atoms with Crippen molar-refractivity contribution in [2.75, 3.05) is 6.61 Å². The predicted octanol–water partition coefficient (Wildman–Crippen LogP) is 4.12. The Hall–Kier alpha value is -3.38. The maximum absolute atomic E-state index is 12.7. The van der Waals surface area contributed by atoms with Gasteiger partial charge in [-0.3, -0.25) is 4.79 Å². The van der Waals surface area contributed by atoms with Gasteiger partial charge in [-0.05, 0) is 56.4 Å². The lowest BCUT2D eigenvalue weighted by Gasteiger charge is -2.16. The first-order valence-electron chi connectivity index (χ1n) is 10.8. The minimum absolute atomic E-state index is 0.133. The molecule has 1 amide bonds. The number of carbonyl (C=O) groups is 1. The van der Waals surface area contributed by atoms with Gasteiger partial charge in [0.15, 0.2) is 0 Å². The topological polar surface area (TPSA) is 92.7 Å². The quantitative estimate of drug-likeness (QED) is 0.428. The predicted molar refractivity (Wildman–Crippen MR) is 124 cm³/mol. The molecule has 0 bridgehead atoms. The molecule has 0 radical (unpaired) electrons. The summed E-state index contributed by atoms with van der Waals surface area (Å²) in [5, 5.41) is 14.4. The normalized spacial score (nSPS) is 12.4. The van der Waals surface area contributed by atoms with Crippen LogP contribution in [0.1, 0.15) is 34.2 Å². The van der Waals surface area contributed by atoms with E-state index in [0.717, 1.165) is 38.6 Å². The van der Waals surface area contributed by atoms with E-state index in [4.69, 9.17) is 8.83 Å². The zero-order chi connectivity index (χ0) is 22.8. The molecule has 0 aliphatic heterocycles. The van der Waals surface area contributed by atoms with Gasteiger partial charge in [-0.2, -0.15) is 0 Å². The molecule has 0 saturated heterocycles. The van der Waals surface area contributed by atoms with E-state index in [1.54, 1.807) is 6.26 Å². The SMILES string of the molecule is Cc1coc2c(C)c3oc(=O)c(CCC(=O)NC(CO)Cc4ccccc4)c(C)c3cc12. The van der Waals surface area contributed by atoms with Crippen LogP contribution in [-0.4, -0.2) is 23.7 Å². The number of aliphatic hydroxyl groups excluding tert-OH is 1. The highest BCUT2D eigenvalue weighted by Crippen LogP contribution is 2.32. The van der Waals surface area contributed by atoms with E-state index < -0.39 is 5.63 Å². The van der Waals surface area contributed by atoms with Gasteiger partial charge in [0, 0.05) is 28.3 Å². The van der Waals surface area contributed by atoms with E-state index in [2.05, 4.69) is 5.32 Å². The van der Waals surface area contributed by atoms with Crippen molar-refractivity contribution in [1.29, 1.82) is 0 Å². The van der Waals surface area contributed by atoms with Gasteiger partial charge in [0.25, 0.3) is 0 Å². The van der Waals surface area contributed by atoms with Gasteiger partial charge in [-0.25, -0.2) is 4.79 Å². The third-order valence-corrected chi connectivity index (χ3v) is 6.05. The Bertz CT molecular complexity index is 1330. The summed E-state index contributed by atoms with van der Waals surface area (Å²) in [6.07, 6.45) is 2.64. The number of furan rings is 1. The molecule has 0 aliphatic carbocycles. The molecule has 2 heterocycles. The van der Waals surface area contributed by atoms with Crippen molar-refractivity contribution in [3.05, 3.63) is 80.9 Å². The largest absolute Gasteiger partial charge is 0.464 e. The molecular formula is C26H27NO5. The van der Waals surface area contributed by atoms with Crippen LogP contribution in [0.4, 0.5) is 0 Å². The molecular weight excluding hydrogens is 406 g/mol. The molecule has 0 aliphatic rings. The van der Waals surface area contributed by atoms with Crippen LogP contribution in [0.3, 0.4) is 0 Å². The van der Waals surface area contributed by atoms with Crippen LogP contribution in [0.15, 0.2) is 56.3 Å². The number of aliphatic hydroxyl groups is 1. The number of hydrogen-bond donors (Lipinski definition) is 2. The third-order valence-electron chi connectivity index (χ3n) is 6.05. The van der Waals surface area contributed by atoms with Gasteiger partial charge in [0.05, 0.1) is 18.9 Å². The highest BCUT2D eigenvalue weighted by atomic mass is 16.4. The van der Waals surface area contributed by atoms with E-state index in [9.17, 15) is 14.7 Å². The smallest absolute Gasteiger partial charge is 0.339 e. The molecule has 6 nitrogen and oxygen atoms in total. The van der Waals surface area contributed by atoms with Crippen molar-refractivity contribution in [3.63, 3.8) is 0 Å². The summed E-state index contributed by atoms with van der Waals surface area (Å²) < 4.78 is 11.3. The number of hydrogen-bond acceptors (Lipinski definition) is 5. The van der Waals surface area contributed by atoms with Gasteiger partial charge >= 0.3 is 5.63 Å². The van der Waals surface area contributed by atoms with Crippen LogP contribution in [0.5, 0.6) is 0 Å². The number of fused-ring (bicyclic) bond motifs is 2. The lowest BCUT2D eigenvalue weighted by atomic mass is 9.98. The molecule has 4 rings (SSSR count). The Morgan fingerprint density at radius 2 is 1.81 bits per heavy atom. The van der Waals surface area contributed by atoms with Gasteiger partial charge in [0.2, 0.25) is 5.91 Å². The Labute approximate surface area is 185 Å². The molecule has 32 heavy (non-hydrogen) atoms. The van der Waals surface area contributed by atoms with Crippen LogP contribution < -0.4 is 10.9 Å². The summed E-state index contributed by atoms with van der Waals surface area (Å²) in [7, 11) is 0. The first kappa shape index (κ1) is 21.8. The first-order chi connectivity index (χ1) is 15.4. The molecule has 6 heteroatoms. The average Bonchev–Trinajstić information content (AvgIpc) is 3.16. The van der Waals surface area contributed by atoms with E-state index in [1.807, 2.05) is 57.2 Å². The molecule has 1 atom stereocenters. The lowest BCUT2D eigenvalue weighted by molar-refractivity contribution is -0.122. The molecule has 2 N–H and O–H groups in total. The minimum Gasteiger partial charge on any atom is -0.464 e. The van der Waals surface area contributed by atoms with Crippen molar-refractivity contribution in [2.45, 2.75) is 46.1 Å². The molecule has 2 aromatic heterocycles. The fourth-order valence-corrected chi connectivity index (χ4v) is 4.21. The van der Waals surface area contributed by atoms with E-state index in [1.165, 1.54) is 0 Å². The number of benzene rings is 2. The summed E-state index contributed by atoms with van der Waals surface area (Å²) >= 11 is 0. The number of nitrogens with one attached hydrogen (secondary N) is 1. The van der Waals surface area contributed by atoms with Gasteiger partial charge in [-0.1, -0.05) is 30.3 Å². The van der Waals surface area contributed by atoms with Crippen LogP contribution in [0, 0.1) is 20.8 Å². The Kier molecular flexibility index (Phi) is 6.15. The number of amides is 1. The summed E-state index contributed by atoms with van der Waals surface area (Å²) in [5.41, 5.74) is 4.97. The highest BCUT2D eigenvalue weighted by molar-refractivity contribution is 5.99. The monoisotopic (exact) mass is 433 g/mol. The summed E-state index contributed by atoms with van der Waals surface area (Å²) in [6, 6.07) is 11.3. The molecule has 0 fully saturated rings. The van der Waals surface area contributed by atoms with Crippen molar-refractivity contribution < 1.29 is 18.7 Å². The Morgan fingerprint density at radius 1 is 1.06 bits per heavy atom. The van der Waals surface area contributed by atoms with Crippen LogP contribution in [0.2, 0.25) is 0 Å². The zero-order valence-electron chi connectivity index (χ0n) is 18.5. The van der Waals surface area contributed by atoms with Crippen LogP contribution >= 0.6 is 0 Å². The Balaban J connectivity index is 1.53. The van der Waals surface area contributed by atoms with Gasteiger partial charge in [0.1, 0.15) is 11.2 Å². The Morgan fingerprint density at radius 3 is 2.53 bits per heavy atom. The third kappa shape index (κ3) is 4.18. The zero-order valence-corrected chi connectivity index (χ0v) is 18.5.